The van der Waals surface area contributed by atoms with E-state index < -0.39 is 20.0 Å². The van der Waals surface area contributed by atoms with Crippen molar-refractivity contribution in [2.24, 2.45) is 0 Å². The van der Waals surface area contributed by atoms with Crippen molar-refractivity contribution < 1.29 is 32.5 Å². The lowest BCUT2D eigenvalue weighted by molar-refractivity contribution is -0.286. The van der Waals surface area contributed by atoms with Crippen LogP contribution in [-0.2, 0) is 15.9 Å². The molecule has 2 aliphatic rings. The molecule has 1 fully saturated rings. The third kappa shape index (κ3) is 4.56. The number of amides is 1. The molecule has 1 saturated heterocycles. The van der Waals surface area contributed by atoms with Crippen molar-refractivity contribution in [2.45, 2.75) is 64.8 Å². The van der Waals surface area contributed by atoms with E-state index in [0.29, 0.717) is 31.7 Å². The van der Waals surface area contributed by atoms with Crippen LogP contribution >= 0.6 is 0 Å². The molecule has 2 aromatic rings. The van der Waals surface area contributed by atoms with E-state index in [9.17, 15) is 13.6 Å². The fourth-order valence-electron chi connectivity index (χ4n) is 4.17. The van der Waals surface area contributed by atoms with Crippen LogP contribution in [0.5, 0.6) is 11.5 Å². The number of nitrogens with one attached hydrogen (secondary N) is 1. The first-order valence-electron chi connectivity index (χ1n) is 10.8. The van der Waals surface area contributed by atoms with Crippen molar-refractivity contribution in [2.75, 3.05) is 19.8 Å². The van der Waals surface area contributed by atoms with Gasteiger partial charge in [0.15, 0.2) is 11.5 Å². The Labute approximate surface area is 187 Å². The summed E-state index contributed by atoms with van der Waals surface area (Å²) in [6.45, 7) is 13.4. The molecular formula is C22H30F2N2O5Si. The van der Waals surface area contributed by atoms with Crippen molar-refractivity contribution >= 4 is 30.4 Å². The maximum Gasteiger partial charge on any atom is 0.586 e. The van der Waals surface area contributed by atoms with Crippen LogP contribution in [0.2, 0.25) is 19.6 Å². The summed E-state index contributed by atoms with van der Waals surface area (Å²) < 4.78 is 47.8. The zero-order valence-corrected chi connectivity index (χ0v) is 20.3. The fourth-order valence-corrected chi connectivity index (χ4v) is 5.82. The van der Waals surface area contributed by atoms with Gasteiger partial charge in [-0.05, 0) is 38.8 Å². The summed E-state index contributed by atoms with van der Waals surface area (Å²) in [5.41, 5.74) is 1.09. The minimum atomic E-state index is -3.67. The van der Waals surface area contributed by atoms with Crippen molar-refractivity contribution in [1.29, 1.82) is 0 Å². The Morgan fingerprint density at radius 1 is 1.25 bits per heavy atom. The summed E-state index contributed by atoms with van der Waals surface area (Å²) in [6.07, 6.45) is -3.54. The van der Waals surface area contributed by atoms with Crippen molar-refractivity contribution in [3.05, 3.63) is 17.7 Å². The molecule has 1 aromatic heterocycles. The first-order valence-corrected chi connectivity index (χ1v) is 14.3. The smallest absolute Gasteiger partial charge is 0.444 e. The van der Waals surface area contributed by atoms with E-state index in [2.05, 4.69) is 34.1 Å². The average molecular weight is 469 g/mol. The van der Waals surface area contributed by atoms with E-state index in [1.54, 1.807) is 17.0 Å². The minimum Gasteiger partial charge on any atom is -0.444 e. The molecule has 0 unspecified atom stereocenters. The molecule has 1 amide bonds. The molecule has 3 heterocycles. The monoisotopic (exact) mass is 468 g/mol. The number of benzene rings is 1. The number of fused-ring (bicyclic) bond motifs is 2. The fraction of sp³-hybridized carbons (Fsp3) is 0.591. The molecule has 0 radical (unpaired) electrons. The van der Waals surface area contributed by atoms with Gasteiger partial charge < -0.3 is 28.8 Å². The Morgan fingerprint density at radius 3 is 2.53 bits per heavy atom. The molecule has 4 rings (SSSR count). The third-order valence-corrected chi connectivity index (χ3v) is 7.40. The number of H-pyrrole nitrogens is 1. The molecule has 10 heteroatoms. The molecule has 2 aliphatic heterocycles. The summed E-state index contributed by atoms with van der Waals surface area (Å²) in [5.74, 6) is 0.0163. The van der Waals surface area contributed by atoms with Gasteiger partial charge in [0.1, 0.15) is 5.60 Å². The quantitative estimate of drug-likeness (QED) is 0.683. The third-order valence-electron chi connectivity index (χ3n) is 5.47. The first-order chi connectivity index (χ1) is 14.7. The second-order valence-corrected chi connectivity index (χ2v) is 15.3. The van der Waals surface area contributed by atoms with E-state index in [-0.39, 0.29) is 23.6 Å². The summed E-state index contributed by atoms with van der Waals surface area (Å²) >= 11 is 0. The molecule has 0 aliphatic carbocycles. The summed E-state index contributed by atoms with van der Waals surface area (Å²) in [7, 11) is -1.85. The zero-order valence-electron chi connectivity index (χ0n) is 19.3. The van der Waals surface area contributed by atoms with Gasteiger partial charge in [-0.3, -0.25) is 0 Å². The molecule has 1 atom stereocenters. The Bertz CT molecular complexity index is 1040. The topological polar surface area (TPSA) is 73.0 Å². The van der Waals surface area contributed by atoms with Gasteiger partial charge in [0.2, 0.25) is 0 Å². The SMILES string of the molecule is CC(C)(C)OC(=O)N1CCOC[C@@H]1Cc1c([Si](C)(C)C)[nH]c2cc3c(cc12)OC(F)(F)O3. The normalized spacial score (nSPS) is 20.6. The van der Waals surface area contributed by atoms with Crippen LogP contribution in [0.15, 0.2) is 12.1 Å². The van der Waals surface area contributed by atoms with E-state index in [4.69, 9.17) is 9.47 Å². The van der Waals surface area contributed by atoms with Gasteiger partial charge in [-0.15, -0.1) is 8.78 Å². The number of halogens is 2. The van der Waals surface area contributed by atoms with Crippen LogP contribution in [0.3, 0.4) is 0 Å². The molecule has 176 valence electrons. The highest BCUT2D eigenvalue weighted by molar-refractivity contribution is 6.88. The number of alkyl halides is 2. The van der Waals surface area contributed by atoms with Gasteiger partial charge in [0.25, 0.3) is 0 Å². The maximum absolute atomic E-state index is 13.6. The second kappa shape index (κ2) is 7.62. The Balaban J connectivity index is 1.73. The van der Waals surface area contributed by atoms with E-state index in [1.165, 1.54) is 0 Å². The Hall–Kier alpha value is -2.33. The van der Waals surface area contributed by atoms with Crippen molar-refractivity contribution in [3.8, 4) is 11.5 Å². The lowest BCUT2D eigenvalue weighted by atomic mass is 10.0. The number of nitrogens with zero attached hydrogens (tertiary/aromatic N) is 1. The van der Waals surface area contributed by atoms with Gasteiger partial charge in [-0.2, -0.15) is 0 Å². The summed E-state index contributed by atoms with van der Waals surface area (Å²) in [4.78, 5) is 18.0. The van der Waals surface area contributed by atoms with Gasteiger partial charge in [-0.25, -0.2) is 4.79 Å². The number of aromatic nitrogens is 1. The lowest BCUT2D eigenvalue weighted by Gasteiger charge is -2.37. The first kappa shape index (κ1) is 22.8. The lowest BCUT2D eigenvalue weighted by Crippen LogP contribution is -2.52. The molecule has 1 aromatic carbocycles. The highest BCUT2D eigenvalue weighted by Gasteiger charge is 2.44. The number of morpholine rings is 1. The number of ether oxygens (including phenoxy) is 4. The predicted octanol–water partition coefficient (Wildman–Crippen LogP) is 4.21. The number of hydrogen-bond acceptors (Lipinski definition) is 5. The second-order valence-electron chi connectivity index (χ2n) is 10.3. The van der Waals surface area contributed by atoms with E-state index >= 15 is 0 Å². The number of carbonyl (C=O) groups is 1. The standard InChI is InChI=1S/C22H30F2N2O5Si/c1-21(2,3)31-20(27)26-7-8-28-12-13(26)9-15-14-10-17-18(30-22(23,24)29-17)11-16(14)25-19(15)32(4,5)6/h10-11,13,25H,7-9,12H2,1-6H3/t13-/m0/s1. The van der Waals surface area contributed by atoms with Gasteiger partial charge >= 0.3 is 12.4 Å². The summed E-state index contributed by atoms with van der Waals surface area (Å²) in [6, 6.07) is 2.92. The van der Waals surface area contributed by atoms with Crippen molar-refractivity contribution in [1.82, 2.24) is 9.88 Å². The van der Waals surface area contributed by atoms with Gasteiger partial charge in [0.05, 0.1) is 27.3 Å². The highest BCUT2D eigenvalue weighted by atomic mass is 28.3. The van der Waals surface area contributed by atoms with Gasteiger partial charge in [0, 0.05) is 28.8 Å². The van der Waals surface area contributed by atoms with Crippen LogP contribution in [0.4, 0.5) is 13.6 Å². The van der Waals surface area contributed by atoms with Crippen molar-refractivity contribution in [3.63, 3.8) is 0 Å². The average Bonchev–Trinajstić information content (AvgIpc) is 3.13. The largest absolute Gasteiger partial charge is 0.586 e. The molecular weight excluding hydrogens is 438 g/mol. The van der Waals surface area contributed by atoms with Gasteiger partial charge in [-0.1, -0.05) is 19.6 Å². The molecule has 0 bridgehead atoms. The number of aromatic amines is 1. The highest BCUT2D eigenvalue weighted by Crippen LogP contribution is 2.43. The Morgan fingerprint density at radius 2 is 1.91 bits per heavy atom. The van der Waals surface area contributed by atoms with Crippen LogP contribution < -0.4 is 14.8 Å². The maximum atomic E-state index is 13.6. The zero-order chi connectivity index (χ0) is 23.5. The van der Waals surface area contributed by atoms with Crippen LogP contribution in [-0.4, -0.2) is 61.7 Å². The minimum absolute atomic E-state index is 0.00812. The number of rotatable bonds is 3. The van der Waals surface area contributed by atoms with E-state index in [0.717, 1.165) is 16.3 Å². The van der Waals surface area contributed by atoms with Crippen LogP contribution in [0.25, 0.3) is 10.9 Å². The Kier molecular flexibility index (Phi) is 5.44. The molecule has 7 nitrogen and oxygen atoms in total. The summed E-state index contributed by atoms with van der Waals surface area (Å²) in [5, 5.41) is 1.88. The molecule has 0 saturated carbocycles. The predicted molar refractivity (Wildman–Crippen MR) is 119 cm³/mol. The van der Waals surface area contributed by atoms with Crippen LogP contribution in [0, 0.1) is 0 Å². The molecule has 32 heavy (non-hydrogen) atoms. The van der Waals surface area contributed by atoms with E-state index in [1.807, 2.05) is 20.8 Å². The number of carbonyl (C=O) groups excluding carboxylic acids is 1. The molecule has 0 spiro atoms. The molecule has 1 N–H and O–H groups in total. The number of hydrogen-bond donors (Lipinski definition) is 1. The van der Waals surface area contributed by atoms with Crippen LogP contribution in [0.1, 0.15) is 26.3 Å².